The molecule has 0 unspecified atom stereocenters. The van der Waals surface area contributed by atoms with Crippen molar-refractivity contribution in [3.05, 3.63) is 47.7 Å². The number of hydrogen-bond donors (Lipinski definition) is 0. The van der Waals surface area contributed by atoms with Gasteiger partial charge in [-0.05, 0) is 30.7 Å². The number of benzene rings is 1. The number of alkyl halides is 1. The van der Waals surface area contributed by atoms with Gasteiger partial charge in [0, 0.05) is 6.61 Å². The summed E-state index contributed by atoms with van der Waals surface area (Å²) >= 11 is 6.12. The maximum Gasteiger partial charge on any atom is 0.338 e. The summed E-state index contributed by atoms with van der Waals surface area (Å²) < 4.78 is 23.6. The van der Waals surface area contributed by atoms with Crippen molar-refractivity contribution in [1.29, 1.82) is 0 Å². The first-order chi connectivity index (χ1) is 13.2. The fraction of sp³-hybridized carbons (Fsp3) is 0.368. The number of imidazole rings is 1. The molecule has 2 aromatic heterocycles. The van der Waals surface area contributed by atoms with E-state index in [0.29, 0.717) is 35.0 Å². The second kappa shape index (κ2) is 7.62. The minimum absolute atomic E-state index is 0.124. The van der Waals surface area contributed by atoms with Crippen LogP contribution in [0, 0.1) is 0 Å². The molecular weight excluding hydrogens is 372 g/mol. The Balaban J connectivity index is 1.77. The Morgan fingerprint density at radius 1 is 1.44 bits per heavy atom. The van der Waals surface area contributed by atoms with Crippen molar-refractivity contribution in [3.63, 3.8) is 0 Å². The molecule has 4 rings (SSSR count). The molecule has 142 valence electrons. The quantitative estimate of drug-likeness (QED) is 0.454. The summed E-state index contributed by atoms with van der Waals surface area (Å²) in [6, 6.07) is 6.99. The molecule has 8 heteroatoms. The largest absolute Gasteiger partial charge is 0.483 e. The number of esters is 1. The lowest BCUT2D eigenvalue weighted by Gasteiger charge is -2.27. The van der Waals surface area contributed by atoms with Gasteiger partial charge in [0.05, 0.1) is 43.0 Å². The van der Waals surface area contributed by atoms with Gasteiger partial charge in [-0.15, -0.1) is 11.6 Å². The van der Waals surface area contributed by atoms with E-state index in [4.69, 9.17) is 30.2 Å². The molecule has 0 N–H and O–H groups in total. The summed E-state index contributed by atoms with van der Waals surface area (Å²) in [5.74, 6) is 1.65. The first kappa shape index (κ1) is 17.9. The van der Waals surface area contributed by atoms with Crippen LogP contribution >= 0.6 is 11.6 Å². The standard InChI is InChI=1S/C19H19ClN2O5/c1-24-19(23)12-7-15-18(16(8-12)27-11-14-3-2-5-25-14)21-17(9-20)22(15)10-13-4-6-26-13/h2-3,5,7-8,13H,4,6,9-11H2,1H3/t13-/m0/s1. The number of fused-ring (bicyclic) bond motifs is 1. The molecule has 3 heterocycles. The van der Waals surface area contributed by atoms with E-state index in [0.717, 1.165) is 18.5 Å². The fourth-order valence-corrected chi connectivity index (χ4v) is 3.27. The SMILES string of the molecule is COC(=O)c1cc(OCc2ccco2)c2nc(CCl)n(C[C@@H]3CCO3)c2c1. The Labute approximate surface area is 160 Å². The van der Waals surface area contributed by atoms with Crippen molar-refractivity contribution >= 4 is 28.6 Å². The molecular formula is C19H19ClN2O5. The van der Waals surface area contributed by atoms with Crippen molar-refractivity contribution in [2.24, 2.45) is 0 Å². The van der Waals surface area contributed by atoms with Gasteiger partial charge in [-0.2, -0.15) is 0 Å². The van der Waals surface area contributed by atoms with Crippen LogP contribution in [0.4, 0.5) is 0 Å². The van der Waals surface area contributed by atoms with Crippen LogP contribution in [0.15, 0.2) is 34.9 Å². The van der Waals surface area contributed by atoms with Gasteiger partial charge in [-0.3, -0.25) is 0 Å². The van der Waals surface area contributed by atoms with Crippen molar-refractivity contribution in [1.82, 2.24) is 9.55 Å². The van der Waals surface area contributed by atoms with Gasteiger partial charge in [0.15, 0.2) is 0 Å². The first-order valence-corrected chi connectivity index (χ1v) is 9.17. The molecule has 0 amide bonds. The molecule has 0 aliphatic carbocycles. The molecule has 1 aliphatic heterocycles. The lowest BCUT2D eigenvalue weighted by Crippen LogP contribution is -2.31. The van der Waals surface area contributed by atoms with Gasteiger partial charge in [0.1, 0.15) is 29.5 Å². The molecule has 0 spiro atoms. The minimum Gasteiger partial charge on any atom is -0.483 e. The van der Waals surface area contributed by atoms with Crippen LogP contribution in [0.2, 0.25) is 0 Å². The van der Waals surface area contributed by atoms with E-state index >= 15 is 0 Å². The normalized spacial score (nSPS) is 16.3. The zero-order valence-electron chi connectivity index (χ0n) is 14.8. The predicted octanol–water partition coefficient (Wildman–Crippen LogP) is 3.52. The highest BCUT2D eigenvalue weighted by molar-refractivity contribution is 6.17. The number of halogens is 1. The summed E-state index contributed by atoms with van der Waals surface area (Å²) in [5.41, 5.74) is 1.79. The van der Waals surface area contributed by atoms with Crippen LogP contribution in [0.25, 0.3) is 11.0 Å². The zero-order valence-corrected chi connectivity index (χ0v) is 15.6. The summed E-state index contributed by atoms with van der Waals surface area (Å²) in [4.78, 5) is 16.8. The number of furan rings is 1. The van der Waals surface area contributed by atoms with E-state index in [2.05, 4.69) is 4.98 Å². The van der Waals surface area contributed by atoms with Crippen molar-refractivity contribution < 1.29 is 23.4 Å². The second-order valence-corrected chi connectivity index (χ2v) is 6.52. The number of ether oxygens (including phenoxy) is 3. The third-order valence-electron chi connectivity index (χ3n) is 4.57. The number of carbonyl (C=O) groups is 1. The molecule has 27 heavy (non-hydrogen) atoms. The highest BCUT2D eigenvalue weighted by Crippen LogP contribution is 2.31. The highest BCUT2D eigenvalue weighted by atomic mass is 35.5. The molecule has 1 fully saturated rings. The van der Waals surface area contributed by atoms with Gasteiger partial charge in [0.25, 0.3) is 0 Å². The van der Waals surface area contributed by atoms with Crippen molar-refractivity contribution in [3.8, 4) is 5.75 Å². The first-order valence-electron chi connectivity index (χ1n) is 8.64. The predicted molar refractivity (Wildman–Crippen MR) is 98.0 cm³/mol. The Kier molecular flexibility index (Phi) is 5.05. The van der Waals surface area contributed by atoms with Crippen LogP contribution in [0.1, 0.15) is 28.4 Å². The van der Waals surface area contributed by atoms with Gasteiger partial charge < -0.3 is 23.2 Å². The molecule has 1 atom stereocenters. The molecule has 0 radical (unpaired) electrons. The molecule has 1 saturated heterocycles. The summed E-state index contributed by atoms with van der Waals surface area (Å²) in [7, 11) is 1.35. The number of aromatic nitrogens is 2. The van der Waals surface area contributed by atoms with E-state index in [1.807, 2.05) is 10.6 Å². The molecule has 7 nitrogen and oxygen atoms in total. The monoisotopic (exact) mass is 390 g/mol. The number of rotatable bonds is 7. The number of methoxy groups -OCH3 is 1. The number of nitrogens with zero attached hydrogens (tertiary/aromatic N) is 2. The molecule has 0 saturated carbocycles. The average molecular weight is 391 g/mol. The molecule has 1 aliphatic rings. The van der Waals surface area contributed by atoms with Crippen LogP contribution < -0.4 is 4.74 Å². The van der Waals surface area contributed by atoms with E-state index in [1.54, 1.807) is 24.5 Å². The fourth-order valence-electron chi connectivity index (χ4n) is 3.07. The molecule has 3 aromatic rings. The van der Waals surface area contributed by atoms with Gasteiger partial charge in [-0.1, -0.05) is 0 Å². The van der Waals surface area contributed by atoms with Crippen LogP contribution in [0.3, 0.4) is 0 Å². The third-order valence-corrected chi connectivity index (χ3v) is 4.81. The lowest BCUT2D eigenvalue weighted by molar-refractivity contribution is -0.0589. The van der Waals surface area contributed by atoms with Gasteiger partial charge >= 0.3 is 5.97 Å². The summed E-state index contributed by atoms with van der Waals surface area (Å²) in [6.45, 7) is 1.61. The average Bonchev–Trinajstić information content (AvgIpc) is 3.29. The topological polar surface area (TPSA) is 75.7 Å². The maximum absolute atomic E-state index is 12.1. The van der Waals surface area contributed by atoms with E-state index in [-0.39, 0.29) is 18.6 Å². The Morgan fingerprint density at radius 3 is 2.93 bits per heavy atom. The lowest BCUT2D eigenvalue weighted by atomic mass is 10.1. The van der Waals surface area contributed by atoms with E-state index in [1.165, 1.54) is 7.11 Å². The van der Waals surface area contributed by atoms with Crippen molar-refractivity contribution in [2.75, 3.05) is 13.7 Å². The second-order valence-electron chi connectivity index (χ2n) is 6.26. The van der Waals surface area contributed by atoms with Crippen molar-refractivity contribution in [2.45, 2.75) is 31.6 Å². The minimum atomic E-state index is -0.445. The van der Waals surface area contributed by atoms with Crippen LogP contribution in [-0.4, -0.2) is 35.3 Å². The Morgan fingerprint density at radius 2 is 2.30 bits per heavy atom. The smallest absolute Gasteiger partial charge is 0.338 e. The highest BCUT2D eigenvalue weighted by Gasteiger charge is 2.24. The molecule has 1 aromatic carbocycles. The molecule has 0 bridgehead atoms. The summed E-state index contributed by atoms with van der Waals surface area (Å²) in [5, 5.41) is 0. The number of carbonyl (C=O) groups excluding carboxylic acids is 1. The Hall–Kier alpha value is -2.51. The van der Waals surface area contributed by atoms with Gasteiger partial charge in [0.2, 0.25) is 0 Å². The third kappa shape index (κ3) is 3.52. The van der Waals surface area contributed by atoms with E-state index in [9.17, 15) is 4.79 Å². The Bertz CT molecular complexity index is 947. The zero-order chi connectivity index (χ0) is 18.8. The van der Waals surface area contributed by atoms with Crippen LogP contribution in [-0.2, 0) is 28.5 Å². The van der Waals surface area contributed by atoms with E-state index < -0.39 is 5.97 Å². The maximum atomic E-state index is 12.1. The van der Waals surface area contributed by atoms with Crippen LogP contribution in [0.5, 0.6) is 5.75 Å². The summed E-state index contributed by atoms with van der Waals surface area (Å²) in [6.07, 6.45) is 2.69. The number of hydrogen-bond acceptors (Lipinski definition) is 6. The van der Waals surface area contributed by atoms with Gasteiger partial charge in [-0.25, -0.2) is 9.78 Å².